The van der Waals surface area contributed by atoms with Gasteiger partial charge >= 0.3 is 0 Å². The minimum atomic E-state index is -0.219. The SMILES string of the molecule is Cc1cc(C(=O)NCCCC(C)(C)CO)no1. The molecule has 1 aromatic rings. The van der Waals surface area contributed by atoms with Gasteiger partial charge in [0.1, 0.15) is 5.76 Å². The zero-order valence-corrected chi connectivity index (χ0v) is 10.6. The number of aromatic nitrogens is 1. The molecule has 1 heterocycles. The second-order valence-electron chi connectivity index (χ2n) is 5.00. The molecule has 0 saturated heterocycles. The second-order valence-corrected chi connectivity index (χ2v) is 5.00. The Kier molecular flexibility index (Phi) is 4.69. The maximum atomic E-state index is 11.6. The maximum Gasteiger partial charge on any atom is 0.273 e. The number of nitrogens with one attached hydrogen (secondary N) is 1. The van der Waals surface area contributed by atoms with Gasteiger partial charge in [-0.1, -0.05) is 19.0 Å². The largest absolute Gasteiger partial charge is 0.396 e. The summed E-state index contributed by atoms with van der Waals surface area (Å²) >= 11 is 0. The van der Waals surface area contributed by atoms with Gasteiger partial charge in [-0.2, -0.15) is 0 Å². The van der Waals surface area contributed by atoms with E-state index in [-0.39, 0.29) is 17.9 Å². The molecule has 1 aromatic heterocycles. The van der Waals surface area contributed by atoms with Crippen molar-refractivity contribution in [2.24, 2.45) is 5.41 Å². The summed E-state index contributed by atoms with van der Waals surface area (Å²) in [5.41, 5.74) is 0.221. The number of hydrogen-bond donors (Lipinski definition) is 2. The first-order chi connectivity index (χ1) is 7.94. The van der Waals surface area contributed by atoms with Crippen LogP contribution < -0.4 is 5.32 Å². The molecule has 17 heavy (non-hydrogen) atoms. The molecule has 0 aliphatic carbocycles. The predicted octanol–water partition coefficient (Wildman–Crippen LogP) is 1.51. The van der Waals surface area contributed by atoms with Crippen LogP contribution in [0.2, 0.25) is 0 Å². The number of aryl methyl sites for hydroxylation is 1. The molecule has 0 aromatic carbocycles. The number of amides is 1. The molecular formula is C12H20N2O3. The highest BCUT2D eigenvalue weighted by molar-refractivity contribution is 5.92. The first-order valence-electron chi connectivity index (χ1n) is 5.77. The lowest BCUT2D eigenvalue weighted by Crippen LogP contribution is -2.26. The number of aliphatic hydroxyl groups excluding tert-OH is 1. The molecule has 2 N–H and O–H groups in total. The Morgan fingerprint density at radius 1 is 1.59 bits per heavy atom. The predicted molar refractivity (Wildman–Crippen MR) is 63.7 cm³/mol. The molecular weight excluding hydrogens is 220 g/mol. The zero-order chi connectivity index (χ0) is 12.9. The van der Waals surface area contributed by atoms with Gasteiger partial charge in [0.05, 0.1) is 0 Å². The van der Waals surface area contributed by atoms with Crippen LogP contribution >= 0.6 is 0 Å². The molecule has 1 amide bonds. The van der Waals surface area contributed by atoms with Crippen LogP contribution in [0, 0.1) is 12.3 Å². The maximum absolute atomic E-state index is 11.6. The van der Waals surface area contributed by atoms with Crippen LogP contribution in [0.25, 0.3) is 0 Å². The molecule has 5 heteroatoms. The quantitative estimate of drug-likeness (QED) is 0.739. The fourth-order valence-electron chi connectivity index (χ4n) is 1.41. The lowest BCUT2D eigenvalue weighted by atomic mass is 9.89. The highest BCUT2D eigenvalue weighted by Gasteiger charge is 2.16. The van der Waals surface area contributed by atoms with E-state index in [0.29, 0.717) is 18.0 Å². The van der Waals surface area contributed by atoms with E-state index in [1.807, 2.05) is 13.8 Å². The molecule has 0 radical (unpaired) electrons. The number of hydrogen-bond acceptors (Lipinski definition) is 4. The minimum Gasteiger partial charge on any atom is -0.396 e. The van der Waals surface area contributed by atoms with Gasteiger partial charge in [-0.3, -0.25) is 4.79 Å². The summed E-state index contributed by atoms with van der Waals surface area (Å²) in [6.07, 6.45) is 1.69. The van der Waals surface area contributed by atoms with Crippen molar-refractivity contribution in [3.63, 3.8) is 0 Å². The molecule has 0 unspecified atom stereocenters. The Morgan fingerprint density at radius 2 is 2.29 bits per heavy atom. The van der Waals surface area contributed by atoms with E-state index in [2.05, 4.69) is 10.5 Å². The van der Waals surface area contributed by atoms with Gasteiger partial charge in [-0.05, 0) is 25.2 Å². The summed E-state index contributed by atoms with van der Waals surface area (Å²) in [7, 11) is 0. The van der Waals surface area contributed by atoms with E-state index in [9.17, 15) is 4.79 Å². The van der Waals surface area contributed by atoms with Gasteiger partial charge < -0.3 is 14.9 Å². The van der Waals surface area contributed by atoms with E-state index in [1.54, 1.807) is 13.0 Å². The van der Waals surface area contributed by atoms with E-state index in [4.69, 9.17) is 9.63 Å². The van der Waals surface area contributed by atoms with E-state index in [1.165, 1.54) is 0 Å². The zero-order valence-electron chi connectivity index (χ0n) is 10.6. The molecule has 0 aliphatic heterocycles. The minimum absolute atomic E-state index is 0.0881. The Labute approximate surface area is 101 Å². The highest BCUT2D eigenvalue weighted by Crippen LogP contribution is 2.20. The first kappa shape index (κ1) is 13.7. The van der Waals surface area contributed by atoms with Gasteiger partial charge in [-0.25, -0.2) is 0 Å². The third kappa shape index (κ3) is 4.56. The van der Waals surface area contributed by atoms with Crippen LogP contribution in [0.15, 0.2) is 10.6 Å². The number of carbonyl (C=O) groups is 1. The van der Waals surface area contributed by atoms with E-state index in [0.717, 1.165) is 12.8 Å². The van der Waals surface area contributed by atoms with Crippen molar-refractivity contribution in [3.05, 3.63) is 17.5 Å². The molecule has 96 valence electrons. The fraction of sp³-hybridized carbons (Fsp3) is 0.667. The van der Waals surface area contributed by atoms with Crippen LogP contribution in [-0.4, -0.2) is 29.3 Å². The highest BCUT2D eigenvalue weighted by atomic mass is 16.5. The molecule has 5 nitrogen and oxygen atoms in total. The van der Waals surface area contributed by atoms with Crippen molar-refractivity contribution in [1.29, 1.82) is 0 Å². The normalized spacial score (nSPS) is 11.5. The second kappa shape index (κ2) is 5.82. The summed E-state index contributed by atoms with van der Waals surface area (Å²) in [6.45, 7) is 6.47. The summed E-state index contributed by atoms with van der Waals surface area (Å²) < 4.78 is 4.82. The van der Waals surface area contributed by atoms with Gasteiger partial charge in [0.2, 0.25) is 0 Å². The van der Waals surface area contributed by atoms with Crippen molar-refractivity contribution in [2.75, 3.05) is 13.2 Å². The van der Waals surface area contributed by atoms with Gasteiger partial charge in [0, 0.05) is 19.2 Å². The Balaban J connectivity index is 2.26. The average molecular weight is 240 g/mol. The third-order valence-corrected chi connectivity index (χ3v) is 2.60. The monoisotopic (exact) mass is 240 g/mol. The van der Waals surface area contributed by atoms with Crippen molar-refractivity contribution < 1.29 is 14.4 Å². The lowest BCUT2D eigenvalue weighted by molar-refractivity contribution is 0.0939. The van der Waals surface area contributed by atoms with E-state index >= 15 is 0 Å². The molecule has 1 rings (SSSR count). The number of rotatable bonds is 6. The summed E-state index contributed by atoms with van der Waals surface area (Å²) in [5, 5.41) is 15.5. The van der Waals surface area contributed by atoms with Crippen LogP contribution in [0.5, 0.6) is 0 Å². The van der Waals surface area contributed by atoms with Crippen molar-refractivity contribution in [2.45, 2.75) is 33.6 Å². The standard InChI is InChI=1S/C12H20N2O3/c1-9-7-10(14-17-9)11(16)13-6-4-5-12(2,3)8-15/h7,15H,4-6,8H2,1-3H3,(H,13,16). The van der Waals surface area contributed by atoms with Crippen molar-refractivity contribution >= 4 is 5.91 Å². The Bertz CT molecular complexity index is 372. The molecule has 0 fully saturated rings. The van der Waals surface area contributed by atoms with Crippen LogP contribution in [0.3, 0.4) is 0 Å². The molecule has 0 bridgehead atoms. The Morgan fingerprint density at radius 3 is 2.82 bits per heavy atom. The Hall–Kier alpha value is -1.36. The third-order valence-electron chi connectivity index (χ3n) is 2.60. The van der Waals surface area contributed by atoms with Crippen LogP contribution in [0.1, 0.15) is 42.9 Å². The molecule has 0 saturated carbocycles. The number of nitrogens with zero attached hydrogens (tertiary/aromatic N) is 1. The number of aliphatic hydroxyl groups is 1. The smallest absolute Gasteiger partial charge is 0.273 e. The fourth-order valence-corrected chi connectivity index (χ4v) is 1.41. The molecule has 0 spiro atoms. The van der Waals surface area contributed by atoms with Crippen molar-refractivity contribution in [1.82, 2.24) is 10.5 Å². The molecule has 0 aliphatic rings. The first-order valence-corrected chi connectivity index (χ1v) is 5.77. The van der Waals surface area contributed by atoms with E-state index < -0.39 is 0 Å². The van der Waals surface area contributed by atoms with Crippen LogP contribution in [0.4, 0.5) is 0 Å². The lowest BCUT2D eigenvalue weighted by Gasteiger charge is -2.20. The summed E-state index contributed by atoms with van der Waals surface area (Å²) in [6, 6.07) is 1.60. The van der Waals surface area contributed by atoms with Crippen LogP contribution in [-0.2, 0) is 0 Å². The van der Waals surface area contributed by atoms with Gasteiger partial charge in [-0.15, -0.1) is 0 Å². The summed E-state index contributed by atoms with van der Waals surface area (Å²) in [4.78, 5) is 11.6. The topological polar surface area (TPSA) is 75.4 Å². The average Bonchev–Trinajstić information content (AvgIpc) is 2.71. The summed E-state index contributed by atoms with van der Waals surface area (Å²) in [5.74, 6) is 0.403. The van der Waals surface area contributed by atoms with Gasteiger partial charge in [0.25, 0.3) is 5.91 Å². The van der Waals surface area contributed by atoms with Gasteiger partial charge in [0.15, 0.2) is 5.69 Å². The number of carbonyl (C=O) groups excluding carboxylic acids is 1. The van der Waals surface area contributed by atoms with Crippen molar-refractivity contribution in [3.8, 4) is 0 Å². The molecule has 0 atom stereocenters.